The van der Waals surface area contributed by atoms with E-state index in [1.807, 2.05) is 51.1 Å². The van der Waals surface area contributed by atoms with E-state index in [1.165, 1.54) is 0 Å². The fourth-order valence-electron chi connectivity index (χ4n) is 6.85. The summed E-state index contributed by atoms with van der Waals surface area (Å²) in [6, 6.07) is 18.2. The number of pyridine rings is 1. The Morgan fingerprint density at radius 3 is 2.40 bits per heavy atom. The molecular formula is C38H47N9O5. The van der Waals surface area contributed by atoms with Crippen molar-refractivity contribution in [1.82, 2.24) is 30.9 Å². The van der Waals surface area contributed by atoms with Crippen molar-refractivity contribution in [1.29, 1.82) is 0 Å². The molecule has 4 aromatic rings. The number of amides is 3. The highest BCUT2D eigenvalue weighted by molar-refractivity contribution is 6.01. The number of nitrogens with two attached hydrogens (primary N) is 1. The van der Waals surface area contributed by atoms with Gasteiger partial charge >= 0.3 is 6.09 Å². The maximum absolute atomic E-state index is 14.5. The lowest BCUT2D eigenvalue weighted by Gasteiger charge is -2.36. The van der Waals surface area contributed by atoms with Crippen LogP contribution in [0.25, 0.3) is 22.5 Å². The molecule has 274 valence electrons. The van der Waals surface area contributed by atoms with Crippen LogP contribution in [0.5, 0.6) is 0 Å². The molecule has 1 atom stereocenters. The Labute approximate surface area is 303 Å². The third-order valence-electron chi connectivity index (χ3n) is 9.53. The van der Waals surface area contributed by atoms with E-state index in [0.717, 1.165) is 48.4 Å². The molecule has 14 heteroatoms. The first kappa shape index (κ1) is 36.4. The number of nitrogens with one attached hydrogen (secondary N) is 2. The van der Waals surface area contributed by atoms with Gasteiger partial charge in [-0.2, -0.15) is 5.21 Å². The van der Waals surface area contributed by atoms with E-state index in [1.54, 1.807) is 35.4 Å². The molecule has 0 spiro atoms. The third kappa shape index (κ3) is 9.29. The van der Waals surface area contributed by atoms with E-state index in [0.29, 0.717) is 49.7 Å². The number of aromatic amines is 1. The monoisotopic (exact) mass is 709 g/mol. The summed E-state index contributed by atoms with van der Waals surface area (Å²) in [4.78, 5) is 48.5. The number of primary amides is 1. The zero-order chi connectivity index (χ0) is 36.7. The number of alkyl carbamates (subject to hydrolysis) is 1. The second-order valence-corrected chi connectivity index (χ2v) is 14.4. The summed E-state index contributed by atoms with van der Waals surface area (Å²) in [7, 11) is 0. The summed E-state index contributed by atoms with van der Waals surface area (Å²) < 4.78 is 10.9. The molecule has 6 rings (SSSR count). The highest BCUT2D eigenvalue weighted by Crippen LogP contribution is 2.34. The van der Waals surface area contributed by atoms with Crippen LogP contribution in [-0.4, -0.2) is 88.0 Å². The molecule has 3 heterocycles. The molecule has 2 aliphatic rings. The minimum absolute atomic E-state index is 0.157. The third-order valence-corrected chi connectivity index (χ3v) is 9.53. The predicted octanol–water partition coefficient (Wildman–Crippen LogP) is 4.53. The van der Waals surface area contributed by atoms with Gasteiger partial charge in [0.05, 0.1) is 13.2 Å². The van der Waals surface area contributed by atoms with Gasteiger partial charge < -0.3 is 25.4 Å². The van der Waals surface area contributed by atoms with Crippen LogP contribution >= 0.6 is 0 Å². The van der Waals surface area contributed by atoms with E-state index in [-0.39, 0.29) is 24.2 Å². The first-order chi connectivity index (χ1) is 25.0. The Hall–Kier alpha value is -5.37. The van der Waals surface area contributed by atoms with Gasteiger partial charge in [0.2, 0.25) is 17.6 Å². The summed E-state index contributed by atoms with van der Waals surface area (Å²) in [6.45, 7) is 8.84. The topological polar surface area (TPSA) is 182 Å². The number of hydrogen-bond acceptors (Lipinski definition) is 10. The molecule has 2 fully saturated rings. The number of anilines is 2. The number of tetrazole rings is 1. The number of hydrogen-bond donors (Lipinski definition) is 3. The minimum Gasteiger partial charge on any atom is -0.444 e. The van der Waals surface area contributed by atoms with Crippen molar-refractivity contribution in [3.8, 4) is 22.5 Å². The molecule has 1 aliphatic carbocycles. The smallest absolute Gasteiger partial charge is 0.407 e. The van der Waals surface area contributed by atoms with E-state index < -0.39 is 23.6 Å². The van der Waals surface area contributed by atoms with Gasteiger partial charge in [0, 0.05) is 49.4 Å². The van der Waals surface area contributed by atoms with Gasteiger partial charge in [-0.05, 0) is 111 Å². The van der Waals surface area contributed by atoms with Crippen LogP contribution in [0.15, 0.2) is 66.9 Å². The van der Waals surface area contributed by atoms with Crippen LogP contribution in [0.2, 0.25) is 0 Å². The maximum atomic E-state index is 14.5. The number of carbonyl (C=O) groups is 3. The largest absolute Gasteiger partial charge is 0.444 e. The molecule has 1 saturated heterocycles. The van der Waals surface area contributed by atoms with Crippen molar-refractivity contribution in [2.75, 3.05) is 42.6 Å². The van der Waals surface area contributed by atoms with Crippen LogP contribution < -0.4 is 20.9 Å². The number of morpholine rings is 1. The number of H-pyrrole nitrogens is 1. The minimum atomic E-state index is -0.952. The lowest BCUT2D eigenvalue weighted by molar-refractivity contribution is -0.127. The zero-order valence-corrected chi connectivity index (χ0v) is 30.0. The lowest BCUT2D eigenvalue weighted by Crippen LogP contribution is -2.52. The number of nitrogens with zero attached hydrogens (tertiary/aromatic N) is 6. The second-order valence-electron chi connectivity index (χ2n) is 14.4. The fourth-order valence-corrected chi connectivity index (χ4v) is 6.85. The Kier molecular flexibility index (Phi) is 11.4. The van der Waals surface area contributed by atoms with Crippen LogP contribution in [0.3, 0.4) is 0 Å². The summed E-state index contributed by atoms with van der Waals surface area (Å²) >= 11 is 0. The zero-order valence-electron chi connectivity index (χ0n) is 30.0. The average Bonchev–Trinajstić information content (AvgIpc) is 3.69. The Morgan fingerprint density at radius 1 is 1.00 bits per heavy atom. The van der Waals surface area contributed by atoms with Gasteiger partial charge in [-0.25, -0.2) is 9.78 Å². The van der Waals surface area contributed by atoms with Crippen LogP contribution in [0.4, 0.5) is 16.3 Å². The Balaban J connectivity index is 1.22. The summed E-state index contributed by atoms with van der Waals surface area (Å²) in [5, 5.41) is 17.1. The first-order valence-corrected chi connectivity index (χ1v) is 17.9. The van der Waals surface area contributed by atoms with Gasteiger partial charge in [0.1, 0.15) is 17.5 Å². The van der Waals surface area contributed by atoms with E-state index in [9.17, 15) is 14.4 Å². The normalized spacial score (nSPS) is 18.3. The van der Waals surface area contributed by atoms with Crippen LogP contribution in [0.1, 0.15) is 52.0 Å². The van der Waals surface area contributed by atoms with Crippen molar-refractivity contribution >= 4 is 29.4 Å². The number of rotatable bonds is 11. The molecule has 3 amide bonds. The van der Waals surface area contributed by atoms with E-state index in [4.69, 9.17) is 15.2 Å². The average molecular weight is 710 g/mol. The van der Waals surface area contributed by atoms with E-state index in [2.05, 4.69) is 41.9 Å². The SMILES string of the molecule is CC(C)(C)OC(=O)NCC1CCC(C(=O)N(c2ccc(-c3nn[nH]n3)cc2)[C@@H](Cc2cccc(-c3ccnc(N4CCOCC4)c3)c2)C(N)=O)CC1. The van der Waals surface area contributed by atoms with Gasteiger partial charge in [-0.3, -0.25) is 14.5 Å². The van der Waals surface area contributed by atoms with Crippen molar-refractivity contribution in [3.05, 3.63) is 72.4 Å². The fraction of sp³-hybridized carbons (Fsp3) is 0.447. The first-order valence-electron chi connectivity index (χ1n) is 17.9. The molecular weight excluding hydrogens is 662 g/mol. The van der Waals surface area contributed by atoms with Crippen LogP contribution in [0, 0.1) is 11.8 Å². The molecule has 14 nitrogen and oxygen atoms in total. The Morgan fingerprint density at radius 2 is 1.73 bits per heavy atom. The summed E-state index contributed by atoms with van der Waals surface area (Å²) in [5.74, 6) is 0.436. The summed E-state index contributed by atoms with van der Waals surface area (Å²) in [6.07, 6.45) is 4.31. The van der Waals surface area contributed by atoms with Crippen LogP contribution in [-0.2, 0) is 25.5 Å². The van der Waals surface area contributed by atoms with Gasteiger partial charge in [-0.1, -0.05) is 24.3 Å². The molecule has 2 aromatic carbocycles. The molecule has 1 saturated carbocycles. The number of aromatic nitrogens is 5. The highest BCUT2D eigenvalue weighted by Gasteiger charge is 2.36. The van der Waals surface area contributed by atoms with Crippen molar-refractivity contribution in [3.63, 3.8) is 0 Å². The molecule has 0 bridgehead atoms. The second kappa shape index (κ2) is 16.3. The van der Waals surface area contributed by atoms with Gasteiger partial charge in [-0.15, -0.1) is 10.2 Å². The standard InChI is InChI=1S/C38H47N9O5/c1-38(2,3)52-37(50)41-24-25-7-9-28(10-8-25)36(49)47(31-13-11-27(12-14-31)35-42-44-45-43-35)32(34(39)48)22-26-5-4-6-29(21-26)30-15-16-40-33(23-30)46-17-19-51-20-18-46/h4-6,11-16,21,23,25,28,32H,7-10,17-20,22,24H2,1-3H3,(H2,39,48)(H,41,50)(H,42,43,44,45)/t25?,28?,32-/m0/s1. The predicted molar refractivity (Wildman–Crippen MR) is 196 cm³/mol. The number of carbonyl (C=O) groups excluding carboxylic acids is 3. The lowest BCUT2D eigenvalue weighted by atomic mass is 9.81. The van der Waals surface area contributed by atoms with Crippen molar-refractivity contribution in [2.24, 2.45) is 17.6 Å². The van der Waals surface area contributed by atoms with E-state index >= 15 is 0 Å². The quantitative estimate of drug-likeness (QED) is 0.200. The number of ether oxygens (including phenoxy) is 2. The van der Waals surface area contributed by atoms with Gasteiger partial charge in [0.15, 0.2) is 0 Å². The number of benzene rings is 2. The molecule has 0 unspecified atom stereocenters. The molecule has 52 heavy (non-hydrogen) atoms. The highest BCUT2D eigenvalue weighted by atomic mass is 16.6. The van der Waals surface area contributed by atoms with Gasteiger partial charge in [0.25, 0.3) is 0 Å². The Bertz CT molecular complexity index is 1810. The molecule has 0 radical (unpaired) electrons. The van der Waals surface area contributed by atoms with Crippen molar-refractivity contribution in [2.45, 2.75) is 64.5 Å². The molecule has 4 N–H and O–H groups in total. The maximum Gasteiger partial charge on any atom is 0.407 e. The molecule has 2 aromatic heterocycles. The summed E-state index contributed by atoms with van der Waals surface area (Å²) in [5.41, 5.74) is 9.66. The molecule has 1 aliphatic heterocycles. The van der Waals surface area contributed by atoms with Crippen molar-refractivity contribution < 1.29 is 23.9 Å².